The molecule has 0 spiro atoms. The number of nitriles is 1. The lowest BCUT2D eigenvalue weighted by atomic mass is 9.94. The van der Waals surface area contributed by atoms with Crippen molar-refractivity contribution < 1.29 is 0 Å². The Morgan fingerprint density at radius 1 is 0.966 bits per heavy atom. The van der Waals surface area contributed by atoms with E-state index in [4.69, 9.17) is 0 Å². The van der Waals surface area contributed by atoms with Crippen LogP contribution in [0.3, 0.4) is 0 Å². The third-order valence-corrected chi connectivity index (χ3v) is 5.11. The molecule has 29 heavy (non-hydrogen) atoms. The van der Waals surface area contributed by atoms with Gasteiger partial charge in [0.05, 0.1) is 5.56 Å². The van der Waals surface area contributed by atoms with Crippen molar-refractivity contribution in [1.82, 2.24) is 4.98 Å². The summed E-state index contributed by atoms with van der Waals surface area (Å²) in [5.74, 6) is 0. The van der Waals surface area contributed by atoms with E-state index in [1.54, 1.807) is 6.20 Å². The highest BCUT2D eigenvalue weighted by Crippen LogP contribution is 2.24. The van der Waals surface area contributed by atoms with Crippen molar-refractivity contribution in [2.75, 3.05) is 0 Å². The zero-order valence-electron chi connectivity index (χ0n) is 17.0. The summed E-state index contributed by atoms with van der Waals surface area (Å²) in [5.41, 5.74) is 10.7. The molecule has 144 valence electrons. The van der Waals surface area contributed by atoms with Gasteiger partial charge in [-0.2, -0.15) is 5.26 Å². The Hall–Kier alpha value is -3.40. The second kappa shape index (κ2) is 10.2. The zero-order valence-corrected chi connectivity index (χ0v) is 17.0. The Balaban J connectivity index is 1.75. The molecular weight excluding hydrogens is 352 g/mol. The van der Waals surface area contributed by atoms with Gasteiger partial charge in [-0.05, 0) is 56.2 Å². The van der Waals surface area contributed by atoms with Crippen molar-refractivity contribution in [2.24, 2.45) is 0 Å². The SMILES string of the molecule is C=C=C(CCc1ccccc1)c1cc(C#N)cnc1CCCc1cccc(C)c1. The molecule has 2 aromatic carbocycles. The van der Waals surface area contributed by atoms with Crippen LogP contribution < -0.4 is 0 Å². The molecule has 0 radical (unpaired) electrons. The predicted octanol–water partition coefficient (Wildman–Crippen LogP) is 6.24. The predicted molar refractivity (Wildman–Crippen MR) is 119 cm³/mol. The summed E-state index contributed by atoms with van der Waals surface area (Å²) in [4.78, 5) is 4.61. The molecule has 0 aliphatic carbocycles. The molecule has 0 saturated carbocycles. The summed E-state index contributed by atoms with van der Waals surface area (Å²) in [6.45, 7) is 6.03. The monoisotopic (exact) mass is 378 g/mol. The summed E-state index contributed by atoms with van der Waals surface area (Å²) in [7, 11) is 0. The molecule has 0 saturated heterocycles. The highest BCUT2D eigenvalue weighted by atomic mass is 14.7. The van der Waals surface area contributed by atoms with E-state index in [0.29, 0.717) is 5.56 Å². The van der Waals surface area contributed by atoms with Gasteiger partial charge in [-0.25, -0.2) is 0 Å². The maximum absolute atomic E-state index is 9.33. The Labute approximate surface area is 173 Å². The lowest BCUT2D eigenvalue weighted by molar-refractivity contribution is 0.794. The number of allylic oxidation sites excluding steroid dienone is 1. The van der Waals surface area contributed by atoms with Crippen LogP contribution >= 0.6 is 0 Å². The molecular formula is C27H26N2. The Bertz CT molecular complexity index is 1050. The highest BCUT2D eigenvalue weighted by molar-refractivity contribution is 5.68. The molecule has 0 aliphatic rings. The summed E-state index contributed by atoms with van der Waals surface area (Å²) in [6, 6.07) is 23.2. The molecule has 0 N–H and O–H groups in total. The van der Waals surface area contributed by atoms with Crippen molar-refractivity contribution in [1.29, 1.82) is 5.26 Å². The van der Waals surface area contributed by atoms with Crippen LogP contribution in [-0.4, -0.2) is 4.98 Å². The van der Waals surface area contributed by atoms with E-state index in [1.165, 1.54) is 16.7 Å². The van der Waals surface area contributed by atoms with Crippen molar-refractivity contribution in [3.8, 4) is 6.07 Å². The van der Waals surface area contributed by atoms with E-state index in [2.05, 4.69) is 78.8 Å². The van der Waals surface area contributed by atoms with Crippen LogP contribution in [0.15, 0.2) is 79.2 Å². The first-order valence-corrected chi connectivity index (χ1v) is 10.1. The Morgan fingerprint density at radius 2 is 1.76 bits per heavy atom. The first-order chi connectivity index (χ1) is 14.2. The van der Waals surface area contributed by atoms with Crippen LogP contribution in [0.25, 0.3) is 5.57 Å². The molecule has 1 aromatic heterocycles. The molecule has 0 amide bonds. The van der Waals surface area contributed by atoms with Crippen molar-refractivity contribution in [3.05, 3.63) is 113 Å². The van der Waals surface area contributed by atoms with E-state index in [9.17, 15) is 5.26 Å². The van der Waals surface area contributed by atoms with Crippen molar-refractivity contribution in [3.63, 3.8) is 0 Å². The fourth-order valence-corrected chi connectivity index (χ4v) is 3.57. The number of aryl methyl sites for hydroxylation is 4. The van der Waals surface area contributed by atoms with E-state index in [0.717, 1.165) is 48.9 Å². The highest BCUT2D eigenvalue weighted by Gasteiger charge is 2.11. The standard InChI is InChI=1S/C27H26N2/c1-3-25(16-15-22-10-5-4-6-11-22)26-18-24(19-28)20-29-27(26)14-8-13-23-12-7-9-21(2)17-23/h4-7,9-12,17-18,20H,1,8,13-16H2,2H3. The minimum Gasteiger partial charge on any atom is -0.259 e. The maximum Gasteiger partial charge on any atom is 0.101 e. The van der Waals surface area contributed by atoms with Gasteiger partial charge in [0.1, 0.15) is 6.07 Å². The lowest BCUT2D eigenvalue weighted by Crippen LogP contribution is -2.01. The molecule has 2 heteroatoms. The molecule has 3 aromatic rings. The Kier molecular flexibility index (Phi) is 7.17. The van der Waals surface area contributed by atoms with Gasteiger partial charge in [0.25, 0.3) is 0 Å². The van der Waals surface area contributed by atoms with Crippen molar-refractivity contribution >= 4 is 5.57 Å². The van der Waals surface area contributed by atoms with Crippen LogP contribution in [0, 0.1) is 18.3 Å². The average Bonchev–Trinajstić information content (AvgIpc) is 2.75. The van der Waals surface area contributed by atoms with E-state index in [-0.39, 0.29) is 0 Å². The van der Waals surface area contributed by atoms with E-state index in [1.807, 2.05) is 12.1 Å². The number of benzene rings is 2. The molecule has 0 bridgehead atoms. The summed E-state index contributed by atoms with van der Waals surface area (Å²) in [5, 5.41) is 9.33. The number of aromatic nitrogens is 1. The van der Waals surface area contributed by atoms with Crippen LogP contribution in [0.1, 0.15) is 46.4 Å². The molecule has 0 unspecified atom stereocenters. The largest absolute Gasteiger partial charge is 0.259 e. The smallest absolute Gasteiger partial charge is 0.101 e. The van der Waals surface area contributed by atoms with Crippen LogP contribution in [0.4, 0.5) is 0 Å². The van der Waals surface area contributed by atoms with Gasteiger partial charge in [0.2, 0.25) is 0 Å². The van der Waals surface area contributed by atoms with Gasteiger partial charge < -0.3 is 0 Å². The molecule has 3 rings (SSSR count). The van der Waals surface area contributed by atoms with Gasteiger partial charge in [0, 0.05) is 23.0 Å². The van der Waals surface area contributed by atoms with Gasteiger partial charge in [-0.1, -0.05) is 66.7 Å². The second-order valence-corrected chi connectivity index (χ2v) is 7.31. The van der Waals surface area contributed by atoms with Gasteiger partial charge in [0.15, 0.2) is 0 Å². The minimum absolute atomic E-state index is 0.579. The molecule has 2 nitrogen and oxygen atoms in total. The molecule has 0 aliphatic heterocycles. The van der Waals surface area contributed by atoms with Crippen LogP contribution in [0.2, 0.25) is 0 Å². The maximum atomic E-state index is 9.33. The van der Waals surface area contributed by atoms with Gasteiger partial charge in [-0.15, -0.1) is 5.73 Å². The quantitative estimate of drug-likeness (QED) is 0.435. The number of hydrogen-bond donors (Lipinski definition) is 0. The van der Waals surface area contributed by atoms with Gasteiger partial charge >= 0.3 is 0 Å². The summed E-state index contributed by atoms with van der Waals surface area (Å²) in [6.07, 6.45) is 6.31. The number of pyridine rings is 1. The molecule has 0 fully saturated rings. The topological polar surface area (TPSA) is 36.7 Å². The first kappa shape index (κ1) is 20.3. The lowest BCUT2D eigenvalue weighted by Gasteiger charge is -2.12. The van der Waals surface area contributed by atoms with Gasteiger partial charge in [-0.3, -0.25) is 4.98 Å². The third-order valence-electron chi connectivity index (χ3n) is 5.11. The fraction of sp³-hybridized carbons (Fsp3) is 0.222. The normalized spacial score (nSPS) is 10.2. The number of hydrogen-bond acceptors (Lipinski definition) is 2. The molecule has 1 heterocycles. The van der Waals surface area contributed by atoms with Crippen LogP contribution in [0.5, 0.6) is 0 Å². The van der Waals surface area contributed by atoms with E-state index >= 15 is 0 Å². The number of rotatable bonds is 8. The Morgan fingerprint density at radius 3 is 2.48 bits per heavy atom. The summed E-state index contributed by atoms with van der Waals surface area (Å²) >= 11 is 0. The van der Waals surface area contributed by atoms with E-state index < -0.39 is 0 Å². The zero-order chi connectivity index (χ0) is 20.5. The van der Waals surface area contributed by atoms with Crippen molar-refractivity contribution in [2.45, 2.75) is 39.0 Å². The fourth-order valence-electron chi connectivity index (χ4n) is 3.57. The minimum atomic E-state index is 0.579. The third kappa shape index (κ3) is 5.79. The number of nitrogens with zero attached hydrogens (tertiary/aromatic N) is 2. The second-order valence-electron chi connectivity index (χ2n) is 7.31. The first-order valence-electron chi connectivity index (χ1n) is 10.1. The van der Waals surface area contributed by atoms with Crippen LogP contribution in [-0.2, 0) is 19.3 Å². The summed E-state index contributed by atoms with van der Waals surface area (Å²) < 4.78 is 0. The average molecular weight is 379 g/mol. The molecule has 0 atom stereocenters.